The number of sulfonamides is 1. The number of thiophene rings is 1. The summed E-state index contributed by atoms with van der Waals surface area (Å²) >= 11 is 12.5. The van der Waals surface area contributed by atoms with Crippen LogP contribution in [0.25, 0.3) is 0 Å². The van der Waals surface area contributed by atoms with E-state index < -0.39 is 10.0 Å². The molecular formula is C9H14Cl2N2O2S2. The van der Waals surface area contributed by atoms with Crippen molar-refractivity contribution < 1.29 is 8.42 Å². The van der Waals surface area contributed by atoms with Crippen LogP contribution in [-0.2, 0) is 10.0 Å². The van der Waals surface area contributed by atoms with Crippen LogP contribution in [0.1, 0.15) is 13.3 Å². The van der Waals surface area contributed by atoms with Crippen molar-refractivity contribution >= 4 is 44.6 Å². The maximum absolute atomic E-state index is 11.8. The zero-order valence-corrected chi connectivity index (χ0v) is 12.4. The SMILES string of the molecule is CCNCCCNS(=O)(=O)c1cc(Cl)sc1Cl. The van der Waals surface area contributed by atoms with Gasteiger partial charge in [-0.05, 0) is 25.6 Å². The topological polar surface area (TPSA) is 58.2 Å². The standard InChI is InChI=1S/C9H14Cl2N2O2S2/c1-2-12-4-3-5-13-17(14,15)7-6-8(10)16-9(7)11/h6,12-13H,2-5H2,1H3. The summed E-state index contributed by atoms with van der Waals surface area (Å²) in [5.41, 5.74) is 0. The van der Waals surface area contributed by atoms with Crippen LogP contribution < -0.4 is 10.0 Å². The summed E-state index contributed by atoms with van der Waals surface area (Å²) in [5.74, 6) is 0. The first kappa shape index (κ1) is 15.2. The third-order valence-corrected chi connectivity index (χ3v) is 5.20. The van der Waals surface area contributed by atoms with Gasteiger partial charge in [0, 0.05) is 6.54 Å². The van der Waals surface area contributed by atoms with E-state index in [1.165, 1.54) is 6.07 Å². The van der Waals surface area contributed by atoms with Crippen LogP contribution in [0.15, 0.2) is 11.0 Å². The molecule has 0 aliphatic rings. The molecule has 0 spiro atoms. The summed E-state index contributed by atoms with van der Waals surface area (Å²) in [6.45, 7) is 4.02. The largest absolute Gasteiger partial charge is 0.317 e. The Hall–Kier alpha value is 0.150. The van der Waals surface area contributed by atoms with Crippen molar-refractivity contribution in [3.8, 4) is 0 Å². The average Bonchev–Trinajstić information content (AvgIpc) is 2.58. The van der Waals surface area contributed by atoms with Crippen molar-refractivity contribution in [3.63, 3.8) is 0 Å². The lowest BCUT2D eigenvalue weighted by molar-refractivity contribution is 0.575. The second-order valence-electron chi connectivity index (χ2n) is 3.29. The summed E-state index contributed by atoms with van der Waals surface area (Å²) in [5, 5.41) is 3.11. The molecule has 0 radical (unpaired) electrons. The van der Waals surface area contributed by atoms with Crippen molar-refractivity contribution in [1.29, 1.82) is 0 Å². The van der Waals surface area contributed by atoms with E-state index in [0.29, 0.717) is 10.9 Å². The molecule has 2 N–H and O–H groups in total. The molecule has 4 nitrogen and oxygen atoms in total. The molecule has 1 aromatic heterocycles. The Morgan fingerprint density at radius 1 is 1.35 bits per heavy atom. The molecular weight excluding hydrogens is 303 g/mol. The quantitative estimate of drug-likeness (QED) is 0.759. The fraction of sp³-hybridized carbons (Fsp3) is 0.556. The fourth-order valence-corrected chi connectivity index (χ4v) is 4.40. The molecule has 0 aliphatic heterocycles. The minimum atomic E-state index is -3.54. The van der Waals surface area contributed by atoms with Crippen LogP contribution in [0.4, 0.5) is 0 Å². The molecule has 0 bridgehead atoms. The summed E-state index contributed by atoms with van der Waals surface area (Å²) in [4.78, 5) is 0.0533. The molecule has 0 fully saturated rings. The van der Waals surface area contributed by atoms with Crippen molar-refractivity contribution in [2.24, 2.45) is 0 Å². The molecule has 1 aromatic rings. The highest BCUT2D eigenvalue weighted by atomic mass is 35.5. The van der Waals surface area contributed by atoms with E-state index in [4.69, 9.17) is 23.2 Å². The predicted molar refractivity (Wildman–Crippen MR) is 72.7 cm³/mol. The third kappa shape index (κ3) is 4.73. The van der Waals surface area contributed by atoms with Gasteiger partial charge in [0.05, 0.1) is 4.34 Å². The van der Waals surface area contributed by atoms with Gasteiger partial charge in [0.1, 0.15) is 9.23 Å². The maximum atomic E-state index is 11.8. The summed E-state index contributed by atoms with van der Waals surface area (Å²) in [7, 11) is -3.54. The van der Waals surface area contributed by atoms with Crippen molar-refractivity contribution in [1.82, 2.24) is 10.0 Å². The molecule has 0 saturated heterocycles. The van der Waals surface area contributed by atoms with Gasteiger partial charge >= 0.3 is 0 Å². The monoisotopic (exact) mass is 316 g/mol. The van der Waals surface area contributed by atoms with Crippen molar-refractivity contribution in [2.45, 2.75) is 18.2 Å². The molecule has 0 aromatic carbocycles. The van der Waals surface area contributed by atoms with Crippen LogP contribution in [-0.4, -0.2) is 28.1 Å². The van der Waals surface area contributed by atoms with Gasteiger partial charge in [-0.15, -0.1) is 11.3 Å². The number of rotatable bonds is 7. The van der Waals surface area contributed by atoms with Gasteiger partial charge in [0.15, 0.2) is 0 Å². The molecule has 17 heavy (non-hydrogen) atoms. The predicted octanol–water partition coefficient (Wildman–Crippen LogP) is 2.33. The fourth-order valence-electron chi connectivity index (χ4n) is 1.18. The number of halogens is 2. The highest BCUT2D eigenvalue weighted by Crippen LogP contribution is 2.33. The highest BCUT2D eigenvalue weighted by molar-refractivity contribution is 7.89. The van der Waals surface area contributed by atoms with E-state index in [1.807, 2.05) is 6.92 Å². The second-order valence-corrected chi connectivity index (χ2v) is 7.31. The van der Waals surface area contributed by atoms with Crippen molar-refractivity contribution in [3.05, 3.63) is 14.7 Å². The van der Waals surface area contributed by atoms with Gasteiger partial charge in [0.25, 0.3) is 0 Å². The zero-order valence-electron chi connectivity index (χ0n) is 9.29. The minimum absolute atomic E-state index is 0.0533. The second kappa shape index (κ2) is 6.92. The van der Waals surface area contributed by atoms with E-state index in [0.717, 1.165) is 30.8 Å². The van der Waals surface area contributed by atoms with E-state index in [2.05, 4.69) is 10.0 Å². The van der Waals surface area contributed by atoms with Gasteiger partial charge < -0.3 is 5.32 Å². The van der Waals surface area contributed by atoms with E-state index >= 15 is 0 Å². The molecule has 1 heterocycles. The van der Waals surface area contributed by atoms with Crippen LogP contribution in [0.2, 0.25) is 8.67 Å². The Balaban J connectivity index is 2.54. The van der Waals surface area contributed by atoms with Crippen LogP contribution in [0.5, 0.6) is 0 Å². The van der Waals surface area contributed by atoms with Gasteiger partial charge in [-0.1, -0.05) is 30.1 Å². The Bertz CT molecular complexity index is 460. The molecule has 98 valence electrons. The normalized spacial score (nSPS) is 11.9. The average molecular weight is 317 g/mol. The van der Waals surface area contributed by atoms with E-state index in [-0.39, 0.29) is 9.23 Å². The Morgan fingerprint density at radius 2 is 2.06 bits per heavy atom. The molecule has 0 aliphatic carbocycles. The molecule has 0 saturated carbocycles. The Labute approximate surface area is 115 Å². The lowest BCUT2D eigenvalue weighted by Gasteiger charge is -2.05. The molecule has 8 heteroatoms. The lowest BCUT2D eigenvalue weighted by atomic mass is 10.4. The summed E-state index contributed by atoms with van der Waals surface area (Å²) in [6.07, 6.45) is 0.725. The minimum Gasteiger partial charge on any atom is -0.317 e. The van der Waals surface area contributed by atoms with Crippen LogP contribution in [0, 0.1) is 0 Å². The van der Waals surface area contributed by atoms with Gasteiger partial charge in [-0.2, -0.15) is 0 Å². The third-order valence-electron chi connectivity index (χ3n) is 1.99. The van der Waals surface area contributed by atoms with E-state index in [9.17, 15) is 8.42 Å². The van der Waals surface area contributed by atoms with Crippen LogP contribution in [0.3, 0.4) is 0 Å². The maximum Gasteiger partial charge on any atom is 0.242 e. The summed E-state index contributed by atoms with van der Waals surface area (Å²) < 4.78 is 26.7. The molecule has 0 amide bonds. The van der Waals surface area contributed by atoms with Crippen LogP contribution >= 0.6 is 34.5 Å². The zero-order chi connectivity index (χ0) is 12.9. The van der Waals surface area contributed by atoms with Gasteiger partial charge in [-0.3, -0.25) is 0 Å². The first-order chi connectivity index (χ1) is 7.97. The first-order valence-corrected chi connectivity index (χ1v) is 8.18. The molecule has 1 rings (SSSR count). The highest BCUT2D eigenvalue weighted by Gasteiger charge is 2.20. The lowest BCUT2D eigenvalue weighted by Crippen LogP contribution is -2.27. The number of nitrogens with one attached hydrogen (secondary N) is 2. The smallest absolute Gasteiger partial charge is 0.242 e. The van der Waals surface area contributed by atoms with Gasteiger partial charge in [0.2, 0.25) is 10.0 Å². The first-order valence-electron chi connectivity index (χ1n) is 5.12. The number of hydrogen-bond acceptors (Lipinski definition) is 4. The Morgan fingerprint density at radius 3 is 2.59 bits per heavy atom. The van der Waals surface area contributed by atoms with E-state index in [1.54, 1.807) is 0 Å². The Kier molecular flexibility index (Phi) is 6.19. The molecule has 0 unspecified atom stereocenters. The number of hydrogen-bond donors (Lipinski definition) is 2. The summed E-state index contributed by atoms with van der Waals surface area (Å²) in [6, 6.07) is 1.36. The van der Waals surface area contributed by atoms with Crippen molar-refractivity contribution in [2.75, 3.05) is 19.6 Å². The molecule has 0 atom stereocenters. The van der Waals surface area contributed by atoms with Gasteiger partial charge in [-0.25, -0.2) is 13.1 Å².